The third-order valence-electron chi connectivity index (χ3n) is 1.88. The Labute approximate surface area is 83.3 Å². The lowest BCUT2D eigenvalue weighted by Gasteiger charge is -2.10. The molecule has 72 valence electrons. The van der Waals surface area contributed by atoms with Crippen LogP contribution in [0.25, 0.3) is 0 Å². The van der Waals surface area contributed by atoms with Crippen molar-refractivity contribution in [2.45, 2.75) is 18.7 Å². The zero-order chi connectivity index (χ0) is 10.0. The van der Waals surface area contributed by atoms with Crippen molar-refractivity contribution in [3.63, 3.8) is 0 Å². The fourth-order valence-corrected chi connectivity index (χ4v) is 1.74. The number of rotatable bonds is 2. The highest BCUT2D eigenvalue weighted by Crippen LogP contribution is 2.27. The average Bonchev–Trinajstić information content (AvgIpc) is 2.09. The van der Waals surface area contributed by atoms with E-state index >= 15 is 0 Å². The number of nitrogens with zero attached hydrogens (tertiary/aromatic N) is 1. The van der Waals surface area contributed by atoms with E-state index in [-0.39, 0.29) is 5.69 Å². The van der Waals surface area contributed by atoms with Crippen LogP contribution in [0.15, 0.2) is 6.20 Å². The first-order valence-electron chi connectivity index (χ1n) is 3.66. The third-order valence-corrected chi connectivity index (χ3v) is 2.44. The molecule has 0 radical (unpaired) electrons. The summed E-state index contributed by atoms with van der Waals surface area (Å²) in [4.78, 5) is 3.60. The van der Waals surface area contributed by atoms with Crippen LogP contribution in [-0.2, 0) is 5.33 Å². The molecule has 0 atom stereocenters. The van der Waals surface area contributed by atoms with Crippen LogP contribution in [-0.4, -0.2) is 4.98 Å². The monoisotopic (exact) mass is 250 g/mol. The van der Waals surface area contributed by atoms with Crippen molar-refractivity contribution < 1.29 is 8.78 Å². The van der Waals surface area contributed by atoms with Gasteiger partial charge in [-0.25, -0.2) is 8.78 Å². The van der Waals surface area contributed by atoms with Crippen LogP contribution in [0.5, 0.6) is 0 Å². The number of anilines is 1. The number of halogens is 3. The van der Waals surface area contributed by atoms with Gasteiger partial charge in [-0.3, -0.25) is 4.98 Å². The van der Waals surface area contributed by atoms with Crippen molar-refractivity contribution >= 4 is 21.6 Å². The van der Waals surface area contributed by atoms with E-state index in [0.717, 1.165) is 0 Å². The first kappa shape index (κ1) is 10.4. The largest absolute Gasteiger partial charge is 0.397 e. The molecule has 0 amide bonds. The molecule has 0 aliphatic carbocycles. The van der Waals surface area contributed by atoms with Crippen LogP contribution in [0, 0.1) is 6.92 Å². The summed E-state index contributed by atoms with van der Waals surface area (Å²) in [7, 11) is 0. The Hall–Kier alpha value is -0.710. The highest BCUT2D eigenvalue weighted by molar-refractivity contribution is 9.08. The Balaban J connectivity index is 3.30. The van der Waals surface area contributed by atoms with E-state index in [1.54, 1.807) is 6.92 Å². The van der Waals surface area contributed by atoms with Crippen LogP contribution >= 0.6 is 15.9 Å². The van der Waals surface area contributed by atoms with Gasteiger partial charge < -0.3 is 5.73 Å². The van der Waals surface area contributed by atoms with Crippen LogP contribution in [0.4, 0.5) is 14.5 Å². The lowest BCUT2D eigenvalue weighted by molar-refractivity contribution is 0.145. The number of pyridine rings is 1. The van der Waals surface area contributed by atoms with Crippen LogP contribution < -0.4 is 5.73 Å². The van der Waals surface area contributed by atoms with Gasteiger partial charge in [0.05, 0.1) is 11.9 Å². The minimum absolute atomic E-state index is 0.191. The lowest BCUT2D eigenvalue weighted by atomic mass is 10.1. The molecule has 0 aliphatic rings. The van der Waals surface area contributed by atoms with Crippen LogP contribution in [0.3, 0.4) is 0 Å². The summed E-state index contributed by atoms with van der Waals surface area (Å²) >= 11 is 3.13. The zero-order valence-electron chi connectivity index (χ0n) is 7.02. The van der Waals surface area contributed by atoms with Gasteiger partial charge in [-0.05, 0) is 18.1 Å². The van der Waals surface area contributed by atoms with E-state index in [1.165, 1.54) is 6.20 Å². The minimum Gasteiger partial charge on any atom is -0.397 e. The maximum absolute atomic E-state index is 12.4. The molecule has 2 N–H and O–H groups in total. The maximum Gasteiger partial charge on any atom is 0.280 e. The van der Waals surface area contributed by atoms with Crippen molar-refractivity contribution in [3.05, 3.63) is 23.0 Å². The summed E-state index contributed by atoms with van der Waals surface area (Å²) in [6, 6.07) is 0. The fourth-order valence-electron chi connectivity index (χ4n) is 1.04. The van der Waals surface area contributed by atoms with Crippen molar-refractivity contribution in [2.75, 3.05) is 5.73 Å². The number of nitrogen functional groups attached to an aromatic ring is 1. The normalized spacial score (nSPS) is 10.8. The second-order valence-electron chi connectivity index (χ2n) is 2.64. The summed E-state index contributed by atoms with van der Waals surface area (Å²) < 4.78 is 24.8. The predicted octanol–water partition coefficient (Wildman–Crippen LogP) is 2.80. The second kappa shape index (κ2) is 4.00. The second-order valence-corrected chi connectivity index (χ2v) is 3.20. The molecule has 0 spiro atoms. The molecule has 0 saturated carbocycles. The first-order chi connectivity index (χ1) is 6.07. The number of alkyl halides is 3. The molecular weight excluding hydrogens is 242 g/mol. The first-order valence-corrected chi connectivity index (χ1v) is 4.78. The molecule has 1 aromatic heterocycles. The molecule has 0 aromatic carbocycles. The summed E-state index contributed by atoms with van der Waals surface area (Å²) in [5.41, 5.74) is 6.94. The number of nitrogens with two attached hydrogens (primary N) is 1. The highest BCUT2D eigenvalue weighted by Gasteiger charge is 2.16. The van der Waals surface area contributed by atoms with Crippen molar-refractivity contribution in [1.29, 1.82) is 0 Å². The van der Waals surface area contributed by atoms with E-state index < -0.39 is 6.43 Å². The molecule has 0 aliphatic heterocycles. The molecule has 5 heteroatoms. The molecule has 13 heavy (non-hydrogen) atoms. The average molecular weight is 251 g/mol. The highest BCUT2D eigenvalue weighted by atomic mass is 79.9. The van der Waals surface area contributed by atoms with Crippen molar-refractivity contribution in [2.24, 2.45) is 0 Å². The van der Waals surface area contributed by atoms with E-state index in [9.17, 15) is 8.78 Å². The van der Waals surface area contributed by atoms with E-state index in [0.29, 0.717) is 22.1 Å². The molecule has 0 bridgehead atoms. The van der Waals surface area contributed by atoms with Crippen LogP contribution in [0.2, 0.25) is 0 Å². The topological polar surface area (TPSA) is 38.9 Å². The van der Waals surface area contributed by atoms with Gasteiger partial charge in [-0.2, -0.15) is 0 Å². The van der Waals surface area contributed by atoms with Crippen molar-refractivity contribution in [3.8, 4) is 0 Å². The van der Waals surface area contributed by atoms with Gasteiger partial charge in [0.2, 0.25) is 0 Å². The Morgan fingerprint density at radius 2 is 2.23 bits per heavy atom. The molecule has 1 aromatic rings. The Morgan fingerprint density at radius 1 is 1.62 bits per heavy atom. The Morgan fingerprint density at radius 3 is 2.69 bits per heavy atom. The molecule has 2 nitrogen and oxygen atoms in total. The summed E-state index contributed by atoms with van der Waals surface area (Å²) in [5, 5.41) is 0.344. The van der Waals surface area contributed by atoms with E-state index in [4.69, 9.17) is 5.73 Å². The van der Waals surface area contributed by atoms with E-state index in [2.05, 4.69) is 20.9 Å². The van der Waals surface area contributed by atoms with Gasteiger partial charge in [0.25, 0.3) is 6.43 Å². The predicted molar refractivity (Wildman–Crippen MR) is 51.0 cm³/mol. The smallest absolute Gasteiger partial charge is 0.280 e. The summed E-state index contributed by atoms with van der Waals surface area (Å²) in [6.45, 7) is 1.71. The Kier molecular flexibility index (Phi) is 3.19. The maximum atomic E-state index is 12.4. The van der Waals surface area contributed by atoms with E-state index in [1.807, 2.05) is 0 Å². The van der Waals surface area contributed by atoms with Gasteiger partial charge >= 0.3 is 0 Å². The standard InChI is InChI=1S/C8H9BrF2N2/c1-4-5(2-9)7(8(10)11)13-3-6(4)12/h3,8H,2,12H2,1H3. The van der Waals surface area contributed by atoms with Gasteiger partial charge in [-0.15, -0.1) is 0 Å². The Bertz CT molecular complexity index is 315. The molecule has 0 saturated heterocycles. The molecule has 1 rings (SSSR count). The fraction of sp³-hybridized carbons (Fsp3) is 0.375. The van der Waals surface area contributed by atoms with Gasteiger partial charge in [0.1, 0.15) is 5.69 Å². The molecule has 0 fully saturated rings. The zero-order valence-corrected chi connectivity index (χ0v) is 8.61. The molecule has 0 unspecified atom stereocenters. The number of hydrogen-bond acceptors (Lipinski definition) is 2. The van der Waals surface area contributed by atoms with Gasteiger partial charge in [0.15, 0.2) is 0 Å². The quantitative estimate of drug-likeness (QED) is 0.821. The minimum atomic E-state index is -2.55. The van der Waals surface area contributed by atoms with Gasteiger partial charge in [0, 0.05) is 5.33 Å². The van der Waals surface area contributed by atoms with Crippen LogP contribution in [0.1, 0.15) is 23.2 Å². The SMILES string of the molecule is Cc1c(N)cnc(C(F)F)c1CBr. The molecule has 1 heterocycles. The van der Waals surface area contributed by atoms with Crippen molar-refractivity contribution in [1.82, 2.24) is 4.98 Å². The summed E-state index contributed by atoms with van der Waals surface area (Å²) in [5.74, 6) is 0. The lowest BCUT2D eigenvalue weighted by Crippen LogP contribution is -2.03. The number of hydrogen-bond donors (Lipinski definition) is 1. The number of aromatic nitrogens is 1. The molecular formula is C8H9BrF2N2. The third kappa shape index (κ3) is 1.96. The van der Waals surface area contributed by atoms with Gasteiger partial charge in [-0.1, -0.05) is 15.9 Å². The summed E-state index contributed by atoms with van der Waals surface area (Å²) in [6.07, 6.45) is -1.28.